The fraction of sp³-hybridized carbons (Fsp3) is 0.344. The molecule has 0 aliphatic heterocycles. The fourth-order valence-electron chi connectivity index (χ4n) is 5.34. The number of benzene rings is 2. The summed E-state index contributed by atoms with van der Waals surface area (Å²) in [4.78, 5) is 19.8. The van der Waals surface area contributed by atoms with Crippen molar-refractivity contribution in [2.75, 3.05) is 5.32 Å². The number of para-hydroxylation sites is 1. The van der Waals surface area contributed by atoms with Crippen LogP contribution in [0.25, 0.3) is 22.2 Å². The van der Waals surface area contributed by atoms with Crippen LogP contribution in [0.5, 0.6) is 0 Å². The quantitative estimate of drug-likeness (QED) is 0.286. The third kappa shape index (κ3) is 4.79. The molecule has 0 fully saturated rings. The second kappa shape index (κ2) is 10.1. The molecule has 0 saturated carbocycles. The predicted molar refractivity (Wildman–Crippen MR) is 153 cm³/mol. The highest BCUT2D eigenvalue weighted by Crippen LogP contribution is 2.45. The number of hydrogen-bond acceptors (Lipinski definition) is 4. The number of nitriles is 1. The van der Waals surface area contributed by atoms with Crippen molar-refractivity contribution in [2.24, 2.45) is 11.3 Å². The van der Waals surface area contributed by atoms with Crippen LogP contribution in [0.1, 0.15) is 72.5 Å². The maximum absolute atomic E-state index is 13.7. The first-order valence-electron chi connectivity index (χ1n) is 13.2. The van der Waals surface area contributed by atoms with Crippen molar-refractivity contribution in [2.45, 2.75) is 59.8 Å². The molecule has 2 aromatic heterocycles. The van der Waals surface area contributed by atoms with Crippen LogP contribution in [0.4, 0.5) is 5.00 Å². The van der Waals surface area contributed by atoms with Gasteiger partial charge in [-0.2, -0.15) is 5.26 Å². The highest BCUT2D eigenvalue weighted by Gasteiger charge is 2.34. The van der Waals surface area contributed by atoms with E-state index < -0.39 is 0 Å². The molecule has 0 saturated heterocycles. The van der Waals surface area contributed by atoms with E-state index in [1.807, 2.05) is 30.3 Å². The summed E-state index contributed by atoms with van der Waals surface area (Å²) in [7, 11) is 0. The highest BCUT2D eigenvalue weighted by atomic mass is 32.1. The van der Waals surface area contributed by atoms with Gasteiger partial charge in [0.2, 0.25) is 0 Å². The van der Waals surface area contributed by atoms with Crippen LogP contribution < -0.4 is 5.32 Å². The summed E-state index contributed by atoms with van der Waals surface area (Å²) in [6, 6.07) is 20.3. The number of hydrogen-bond donors (Lipinski definition) is 1. The normalized spacial score (nSPS) is 15.3. The molecule has 1 aliphatic carbocycles. The van der Waals surface area contributed by atoms with Gasteiger partial charge in [-0.05, 0) is 60.3 Å². The van der Waals surface area contributed by atoms with Crippen LogP contribution in [0.15, 0.2) is 54.6 Å². The lowest BCUT2D eigenvalue weighted by Gasteiger charge is -2.36. The van der Waals surface area contributed by atoms with Gasteiger partial charge < -0.3 is 5.32 Å². The second-order valence-electron chi connectivity index (χ2n) is 10.7. The number of nitrogens with zero attached hydrogens (tertiary/aromatic N) is 2. The molecule has 1 amide bonds. The molecular weight excluding hydrogens is 474 g/mol. The number of amides is 1. The van der Waals surface area contributed by atoms with E-state index >= 15 is 0 Å². The third-order valence-electron chi connectivity index (χ3n) is 8.24. The number of nitrogens with one attached hydrogen (secondary N) is 1. The van der Waals surface area contributed by atoms with Gasteiger partial charge in [0.05, 0.1) is 22.3 Å². The molecule has 1 atom stereocenters. The molecule has 4 aromatic rings. The first kappa shape index (κ1) is 25.2. The van der Waals surface area contributed by atoms with Gasteiger partial charge in [-0.15, -0.1) is 11.3 Å². The zero-order chi connectivity index (χ0) is 26.2. The fourth-order valence-corrected chi connectivity index (χ4v) is 6.61. The minimum atomic E-state index is -0.203. The monoisotopic (exact) mass is 507 g/mol. The molecule has 2 aromatic carbocycles. The van der Waals surface area contributed by atoms with Crippen molar-refractivity contribution in [3.05, 3.63) is 81.7 Å². The van der Waals surface area contributed by atoms with E-state index in [1.165, 1.54) is 10.4 Å². The Labute approximate surface area is 223 Å². The van der Waals surface area contributed by atoms with E-state index in [0.717, 1.165) is 59.8 Å². The molecule has 0 radical (unpaired) electrons. The van der Waals surface area contributed by atoms with Crippen LogP contribution in [-0.4, -0.2) is 10.9 Å². The lowest BCUT2D eigenvalue weighted by molar-refractivity contribution is 0.102. The summed E-state index contributed by atoms with van der Waals surface area (Å²) < 4.78 is 0. The van der Waals surface area contributed by atoms with Gasteiger partial charge in [-0.1, -0.05) is 76.6 Å². The first-order chi connectivity index (χ1) is 17.8. The van der Waals surface area contributed by atoms with Gasteiger partial charge in [0.25, 0.3) is 5.91 Å². The Morgan fingerprint density at radius 2 is 1.92 bits per heavy atom. The van der Waals surface area contributed by atoms with E-state index in [0.29, 0.717) is 22.0 Å². The zero-order valence-electron chi connectivity index (χ0n) is 22.0. The van der Waals surface area contributed by atoms with Gasteiger partial charge >= 0.3 is 0 Å². The minimum absolute atomic E-state index is 0.203. The van der Waals surface area contributed by atoms with Crippen molar-refractivity contribution in [1.82, 2.24) is 4.98 Å². The lowest BCUT2D eigenvalue weighted by atomic mass is 9.69. The zero-order valence-corrected chi connectivity index (χ0v) is 22.8. The molecule has 37 heavy (non-hydrogen) atoms. The Morgan fingerprint density at radius 1 is 1.16 bits per heavy atom. The van der Waals surface area contributed by atoms with Crippen LogP contribution in [0.3, 0.4) is 0 Å². The Balaban J connectivity index is 1.51. The average Bonchev–Trinajstić information content (AvgIpc) is 3.28. The number of pyridine rings is 1. The molecule has 5 rings (SSSR count). The summed E-state index contributed by atoms with van der Waals surface area (Å²) in [6.45, 7) is 9.06. The molecule has 1 unspecified atom stereocenters. The Hall–Kier alpha value is -3.49. The summed E-state index contributed by atoms with van der Waals surface area (Å²) in [5.41, 5.74) is 6.38. The van der Waals surface area contributed by atoms with Gasteiger partial charge in [-0.25, -0.2) is 4.98 Å². The van der Waals surface area contributed by atoms with E-state index in [-0.39, 0.29) is 11.3 Å². The average molecular weight is 508 g/mol. The number of anilines is 1. The van der Waals surface area contributed by atoms with Gasteiger partial charge in [0, 0.05) is 15.8 Å². The SMILES string of the molecule is CCc1ccc(-c2cc(C(=O)Nc3sc4c(c3C#N)CCC(C(C)(C)CC)C4)c3ccccc3n2)cc1. The van der Waals surface area contributed by atoms with E-state index in [4.69, 9.17) is 4.98 Å². The van der Waals surface area contributed by atoms with E-state index in [1.54, 1.807) is 11.3 Å². The predicted octanol–water partition coefficient (Wildman–Crippen LogP) is 8.19. The Kier molecular flexibility index (Phi) is 6.88. The second-order valence-corrected chi connectivity index (χ2v) is 11.8. The van der Waals surface area contributed by atoms with Gasteiger partial charge in [0.1, 0.15) is 11.1 Å². The molecular formula is C32H33N3OS. The Bertz CT molecular complexity index is 1510. The van der Waals surface area contributed by atoms with Crippen molar-refractivity contribution in [1.29, 1.82) is 5.26 Å². The number of carbonyl (C=O) groups excluding carboxylic acids is 1. The molecule has 4 nitrogen and oxygen atoms in total. The van der Waals surface area contributed by atoms with Gasteiger partial charge in [0.15, 0.2) is 0 Å². The van der Waals surface area contributed by atoms with Crippen LogP contribution >= 0.6 is 11.3 Å². The first-order valence-corrected chi connectivity index (χ1v) is 14.0. The maximum atomic E-state index is 13.7. The molecule has 2 heterocycles. The standard InChI is InChI=1S/C32H33N3OS/c1-5-20-11-13-21(14-12-20)28-18-25(23-9-7-8-10-27(23)34-28)30(36)35-31-26(19-33)24-16-15-22(17-29(24)37-31)32(3,4)6-2/h7-14,18,22H,5-6,15-17H2,1-4H3,(H,35,36). The molecule has 0 spiro atoms. The molecule has 1 aliphatic rings. The maximum Gasteiger partial charge on any atom is 0.257 e. The summed E-state index contributed by atoms with van der Waals surface area (Å²) in [6.07, 6.45) is 5.06. The minimum Gasteiger partial charge on any atom is -0.312 e. The van der Waals surface area contributed by atoms with Crippen molar-refractivity contribution < 1.29 is 4.79 Å². The number of fused-ring (bicyclic) bond motifs is 2. The summed E-state index contributed by atoms with van der Waals surface area (Å²) >= 11 is 1.58. The van der Waals surface area contributed by atoms with Crippen molar-refractivity contribution >= 4 is 33.1 Å². The molecule has 1 N–H and O–H groups in total. The van der Waals surface area contributed by atoms with Crippen molar-refractivity contribution in [3.63, 3.8) is 0 Å². The third-order valence-corrected chi connectivity index (χ3v) is 9.41. The van der Waals surface area contributed by atoms with Crippen LogP contribution in [0, 0.1) is 22.7 Å². The number of rotatable bonds is 6. The topological polar surface area (TPSA) is 65.8 Å². The summed E-state index contributed by atoms with van der Waals surface area (Å²) in [5.74, 6) is 0.384. The highest BCUT2D eigenvalue weighted by molar-refractivity contribution is 7.16. The smallest absolute Gasteiger partial charge is 0.257 e. The number of aromatic nitrogens is 1. The van der Waals surface area contributed by atoms with E-state index in [2.05, 4.69) is 63.3 Å². The number of aryl methyl sites for hydroxylation is 1. The van der Waals surface area contributed by atoms with Crippen LogP contribution in [0.2, 0.25) is 0 Å². The number of carbonyl (C=O) groups is 1. The van der Waals surface area contributed by atoms with Crippen molar-refractivity contribution in [3.8, 4) is 17.3 Å². The Morgan fingerprint density at radius 3 is 2.62 bits per heavy atom. The molecule has 188 valence electrons. The van der Waals surface area contributed by atoms with Gasteiger partial charge in [-0.3, -0.25) is 4.79 Å². The largest absolute Gasteiger partial charge is 0.312 e. The number of thiophene rings is 1. The molecule has 5 heteroatoms. The lowest BCUT2D eigenvalue weighted by Crippen LogP contribution is -2.28. The molecule has 0 bridgehead atoms. The van der Waals surface area contributed by atoms with Crippen LogP contribution in [-0.2, 0) is 19.3 Å². The van der Waals surface area contributed by atoms with E-state index in [9.17, 15) is 10.1 Å². The summed E-state index contributed by atoms with van der Waals surface area (Å²) in [5, 5.41) is 14.6.